The zero-order valence-corrected chi connectivity index (χ0v) is 41.8. The lowest BCUT2D eigenvalue weighted by atomic mass is 9.84. The van der Waals surface area contributed by atoms with E-state index in [-0.39, 0.29) is 65.1 Å². The summed E-state index contributed by atoms with van der Waals surface area (Å²) in [5.74, 6) is -5.72. The van der Waals surface area contributed by atoms with Crippen LogP contribution in [0.2, 0.25) is 0 Å². The molecule has 4 aliphatic rings. The second kappa shape index (κ2) is 21.1. The predicted octanol–water partition coefficient (Wildman–Crippen LogP) is 7.09. The SMILES string of the molecule is CC(Oc1cc(-c2nn(C)c3c(-c4cnn(C5CCC(C(=O)N6CC(Nc7cccc8c7C(=O)N(C7CCC(=O)NC7=O)C8=O)C6)CC5)c4)cnc(N)c23)ccc1NS(=O)C(F)F)c1ccc(F)cc1.CSC. The number of nitrogens with one attached hydrogen (secondary N) is 3. The monoisotopic (exact) mass is 1040 g/mol. The molecule has 0 radical (unpaired) electrons. The van der Waals surface area contributed by atoms with Crippen LogP contribution in [0.1, 0.15) is 83.9 Å². The van der Waals surface area contributed by atoms with Crippen LogP contribution in [0.4, 0.5) is 30.4 Å². The number of aryl methyl sites for hydroxylation is 1. The van der Waals surface area contributed by atoms with E-state index in [2.05, 4.69) is 20.3 Å². The van der Waals surface area contributed by atoms with Crippen molar-refractivity contribution in [2.24, 2.45) is 13.0 Å². The molecule has 73 heavy (non-hydrogen) atoms. The Hall–Kier alpha value is -7.27. The Morgan fingerprint density at radius 1 is 0.932 bits per heavy atom. The second-order valence-corrected chi connectivity index (χ2v) is 20.3. The third-order valence-corrected chi connectivity index (χ3v) is 14.3. The molecule has 3 atom stereocenters. The number of carbonyl (C=O) groups excluding carboxylic acids is 5. The molecule has 23 heteroatoms. The number of nitrogens with two attached hydrogens (primary N) is 1. The van der Waals surface area contributed by atoms with Crippen LogP contribution in [0.5, 0.6) is 5.75 Å². The Morgan fingerprint density at radius 3 is 2.36 bits per heavy atom. The third kappa shape index (κ3) is 10.1. The van der Waals surface area contributed by atoms with E-state index in [0.717, 1.165) is 10.5 Å². The first-order chi connectivity index (χ1) is 35.0. The van der Waals surface area contributed by atoms with Gasteiger partial charge in [-0.15, -0.1) is 0 Å². The van der Waals surface area contributed by atoms with Crippen molar-refractivity contribution in [1.29, 1.82) is 0 Å². The fourth-order valence-corrected chi connectivity index (χ4v) is 10.3. The number of pyridine rings is 1. The number of alkyl halides is 2. The smallest absolute Gasteiger partial charge is 0.330 e. The lowest BCUT2D eigenvalue weighted by Gasteiger charge is -2.43. The van der Waals surface area contributed by atoms with Crippen LogP contribution in [0.25, 0.3) is 33.3 Å². The van der Waals surface area contributed by atoms with Crippen LogP contribution in [0, 0.1) is 11.7 Å². The minimum atomic E-state index is -3.16. The van der Waals surface area contributed by atoms with Gasteiger partial charge in [0.25, 0.3) is 11.8 Å². The quantitative estimate of drug-likeness (QED) is 0.0848. The first-order valence-corrected chi connectivity index (χ1v) is 26.4. The summed E-state index contributed by atoms with van der Waals surface area (Å²) in [6.07, 6.45) is 11.6. The van der Waals surface area contributed by atoms with Gasteiger partial charge in [-0.2, -0.15) is 30.7 Å². The number of piperidine rings is 1. The largest absolute Gasteiger partial charge is 0.484 e. The lowest BCUT2D eigenvalue weighted by molar-refractivity contribution is -0.141. The summed E-state index contributed by atoms with van der Waals surface area (Å²) in [7, 11) is -0.965. The molecule has 3 aliphatic heterocycles. The number of hydrogen-bond donors (Lipinski definition) is 4. The van der Waals surface area contributed by atoms with Gasteiger partial charge in [-0.05, 0) is 93.5 Å². The molecule has 18 nitrogen and oxygen atoms in total. The normalized spacial score (nSPS) is 19.8. The van der Waals surface area contributed by atoms with Gasteiger partial charge in [-0.3, -0.25) is 48.3 Å². The minimum Gasteiger partial charge on any atom is -0.484 e. The molecule has 1 aliphatic carbocycles. The van der Waals surface area contributed by atoms with Crippen molar-refractivity contribution >= 4 is 80.4 Å². The number of fused-ring (bicyclic) bond motifs is 2. The molecule has 5 N–H and O–H groups in total. The molecule has 3 unspecified atom stereocenters. The zero-order valence-electron chi connectivity index (χ0n) is 40.1. The number of nitrogen functional groups attached to an aromatic ring is 1. The van der Waals surface area contributed by atoms with E-state index in [9.17, 15) is 41.4 Å². The molecule has 0 bridgehead atoms. The number of ether oxygens (including phenoxy) is 1. The van der Waals surface area contributed by atoms with Crippen LogP contribution in [0.3, 0.4) is 0 Å². The first kappa shape index (κ1) is 50.7. The maximum absolute atomic E-state index is 13.7. The first-order valence-electron chi connectivity index (χ1n) is 23.5. The van der Waals surface area contributed by atoms with Crippen LogP contribution in [0.15, 0.2) is 79.3 Å². The van der Waals surface area contributed by atoms with Crippen molar-refractivity contribution in [3.8, 4) is 28.1 Å². The molecule has 2 saturated heterocycles. The zero-order chi connectivity index (χ0) is 51.8. The van der Waals surface area contributed by atoms with Crippen molar-refractivity contribution in [3.63, 3.8) is 0 Å². The maximum Gasteiger partial charge on any atom is 0.330 e. The number of hydrogen-bond acceptors (Lipinski definition) is 13. The number of thioether (sulfide) groups is 1. The van der Waals surface area contributed by atoms with Crippen molar-refractivity contribution in [2.75, 3.05) is 41.4 Å². The summed E-state index contributed by atoms with van der Waals surface area (Å²) in [5, 5.41) is 15.6. The van der Waals surface area contributed by atoms with Crippen molar-refractivity contribution < 1.29 is 46.1 Å². The standard InChI is InChI=1S/C48H46F3N11O7S.C2H6S/c1-24(25-6-11-29(49)12-7-25)69-37-18-27(10-15-34(37)58-70(68)48(50)51)41-40-42(59(2)57-41)33(20-53-43(40)52)28-19-54-61(21-28)31-13-8-26(9-14-31)45(65)60-22-30(23-60)55-35-5-3-4-32-39(35)47(67)62(46(32)66)36-16-17-38(63)56-44(36)64;1-3-2/h3-7,10-12,15,18-21,24,26,30-31,36,48,55,58H,8-9,13-14,16-17,22-23H2,1-2H3,(H2,52,53)(H,56,63,64);1-2H3. The molecule has 6 heterocycles. The molecule has 3 aromatic heterocycles. The summed E-state index contributed by atoms with van der Waals surface area (Å²) < 4.78 is 64.8. The highest BCUT2D eigenvalue weighted by atomic mass is 32.2. The van der Waals surface area contributed by atoms with E-state index < -0.39 is 58.3 Å². The molecule has 10 rings (SSSR count). The minimum absolute atomic E-state index is 0.0258. The van der Waals surface area contributed by atoms with E-state index in [4.69, 9.17) is 20.7 Å². The number of halogens is 3. The molecule has 0 spiro atoms. The Bertz CT molecular complexity index is 3160. The van der Waals surface area contributed by atoms with Gasteiger partial charge >= 0.3 is 5.76 Å². The van der Waals surface area contributed by atoms with E-state index in [0.29, 0.717) is 77.7 Å². The summed E-state index contributed by atoms with van der Waals surface area (Å²) in [4.78, 5) is 72.0. The van der Waals surface area contributed by atoms with Gasteiger partial charge in [0, 0.05) is 67.2 Å². The van der Waals surface area contributed by atoms with E-state index in [1.54, 1.807) is 90.2 Å². The van der Waals surface area contributed by atoms with Gasteiger partial charge in [0.15, 0.2) is 11.0 Å². The number of amides is 5. The number of rotatable bonds is 13. The fraction of sp³-hybridized carbons (Fsp3) is 0.360. The highest BCUT2D eigenvalue weighted by molar-refractivity contribution is 7.97. The summed E-state index contributed by atoms with van der Waals surface area (Å²) in [6, 6.07) is 14.0. The van der Waals surface area contributed by atoms with Gasteiger partial charge in [0.05, 0.1) is 46.0 Å². The highest BCUT2D eigenvalue weighted by Gasteiger charge is 2.46. The average Bonchev–Trinajstić information content (AvgIpc) is 4.06. The van der Waals surface area contributed by atoms with Crippen LogP contribution in [-0.4, -0.2) is 112 Å². The Kier molecular flexibility index (Phi) is 14.6. The van der Waals surface area contributed by atoms with Crippen molar-refractivity contribution in [3.05, 3.63) is 102 Å². The van der Waals surface area contributed by atoms with Crippen LogP contribution in [-0.2, 0) is 32.4 Å². The summed E-state index contributed by atoms with van der Waals surface area (Å²) in [6.45, 7) is 2.55. The van der Waals surface area contributed by atoms with Gasteiger partial charge in [0.1, 0.15) is 35.2 Å². The van der Waals surface area contributed by atoms with Crippen LogP contribution < -0.4 is 25.8 Å². The predicted molar refractivity (Wildman–Crippen MR) is 270 cm³/mol. The van der Waals surface area contributed by atoms with E-state index in [1.807, 2.05) is 23.4 Å². The molecular weight excluding hydrogens is 988 g/mol. The van der Waals surface area contributed by atoms with Crippen LogP contribution >= 0.6 is 11.8 Å². The highest BCUT2D eigenvalue weighted by Crippen LogP contribution is 2.42. The van der Waals surface area contributed by atoms with Crippen molar-refractivity contribution in [2.45, 2.75) is 75.4 Å². The molecular formula is C50H52F3N11O7S2. The summed E-state index contributed by atoms with van der Waals surface area (Å²) in [5.41, 5.74) is 11.1. The molecule has 3 aromatic carbocycles. The Morgan fingerprint density at radius 2 is 1.66 bits per heavy atom. The second-order valence-electron chi connectivity index (χ2n) is 18.3. The Labute approximate surface area is 424 Å². The Balaban J connectivity index is 0.00000214. The van der Waals surface area contributed by atoms with Gasteiger partial charge in [-0.1, -0.05) is 24.3 Å². The van der Waals surface area contributed by atoms with Crippen molar-refractivity contribution in [1.82, 2.24) is 39.7 Å². The third-order valence-electron chi connectivity index (χ3n) is 13.5. The molecule has 382 valence electrons. The summed E-state index contributed by atoms with van der Waals surface area (Å²) >= 11 is 1.75. The lowest BCUT2D eigenvalue weighted by Crippen LogP contribution is -2.58. The number of carbonyl (C=O) groups is 5. The molecule has 6 aromatic rings. The number of imide groups is 2. The molecule has 1 saturated carbocycles. The van der Waals surface area contributed by atoms with Gasteiger partial charge in [-0.25, -0.2) is 13.6 Å². The molecule has 5 amide bonds. The maximum atomic E-state index is 13.7. The van der Waals surface area contributed by atoms with E-state index in [1.165, 1.54) is 18.2 Å². The van der Waals surface area contributed by atoms with Gasteiger partial charge in [0.2, 0.25) is 17.7 Å². The van der Waals surface area contributed by atoms with E-state index >= 15 is 0 Å². The topological polar surface area (TPSA) is 229 Å². The molecule has 3 fully saturated rings. The number of likely N-dealkylation sites (tertiary alicyclic amines) is 1. The number of benzene rings is 3. The van der Waals surface area contributed by atoms with Gasteiger partial charge < -0.3 is 20.7 Å². The fourth-order valence-electron chi connectivity index (χ4n) is 9.87. The number of aromatic nitrogens is 5. The number of nitrogens with zero attached hydrogens (tertiary/aromatic N) is 7. The number of anilines is 3. The average molecular weight is 1040 g/mol.